The highest BCUT2D eigenvalue weighted by Gasteiger charge is 2.35. The average Bonchev–Trinajstić information content (AvgIpc) is 3.26. The molecule has 36 heavy (non-hydrogen) atoms. The van der Waals surface area contributed by atoms with Crippen LogP contribution in [0, 0.1) is 0 Å². The van der Waals surface area contributed by atoms with Crippen molar-refractivity contribution in [3.63, 3.8) is 0 Å². The lowest BCUT2D eigenvalue weighted by atomic mass is 9.92. The minimum atomic E-state index is -0.950. The molecule has 3 N–H and O–H groups in total. The highest BCUT2D eigenvalue weighted by Crippen LogP contribution is 2.40. The molecular formula is C27H24BrClN2O5. The van der Waals surface area contributed by atoms with Crippen molar-refractivity contribution in [1.29, 1.82) is 0 Å². The van der Waals surface area contributed by atoms with Crippen molar-refractivity contribution in [2.75, 3.05) is 19.8 Å². The van der Waals surface area contributed by atoms with E-state index in [-0.39, 0.29) is 13.2 Å². The molecule has 9 heteroatoms. The molecule has 0 aliphatic carbocycles. The van der Waals surface area contributed by atoms with Gasteiger partial charge in [0.1, 0.15) is 30.3 Å². The second-order valence-electron chi connectivity index (χ2n) is 8.59. The molecular weight excluding hydrogens is 548 g/mol. The number of fused-ring (bicyclic) bond motifs is 3. The third kappa shape index (κ3) is 5.08. The Morgan fingerprint density at radius 2 is 1.83 bits per heavy atom. The van der Waals surface area contributed by atoms with Crippen LogP contribution in [-0.2, 0) is 6.42 Å². The number of carbonyl (C=O) groups is 1. The molecule has 2 atom stereocenters. The quantitative estimate of drug-likeness (QED) is 0.286. The van der Waals surface area contributed by atoms with E-state index < -0.39 is 18.2 Å². The predicted molar refractivity (Wildman–Crippen MR) is 141 cm³/mol. The second kappa shape index (κ2) is 10.5. The molecule has 4 aromatic rings. The van der Waals surface area contributed by atoms with Crippen molar-refractivity contribution >= 4 is 44.5 Å². The first kappa shape index (κ1) is 24.6. The summed E-state index contributed by atoms with van der Waals surface area (Å²) in [6.07, 6.45) is -0.730. The summed E-state index contributed by atoms with van der Waals surface area (Å²) in [7, 11) is 0. The molecule has 2 heterocycles. The first-order chi connectivity index (χ1) is 17.4. The van der Waals surface area contributed by atoms with Crippen molar-refractivity contribution in [1.82, 2.24) is 9.88 Å². The van der Waals surface area contributed by atoms with Crippen molar-refractivity contribution < 1.29 is 24.5 Å². The van der Waals surface area contributed by atoms with Gasteiger partial charge >= 0.3 is 6.09 Å². The summed E-state index contributed by atoms with van der Waals surface area (Å²) < 4.78 is 12.2. The van der Waals surface area contributed by atoms with Crippen molar-refractivity contribution in [3.05, 3.63) is 93.0 Å². The Balaban J connectivity index is 1.50. The number of aromatic amines is 1. The third-order valence-electron chi connectivity index (χ3n) is 6.19. The van der Waals surface area contributed by atoms with E-state index in [9.17, 15) is 9.90 Å². The Hall–Kier alpha value is -3.04. The molecule has 0 fully saturated rings. The molecule has 0 spiro atoms. The molecule has 5 rings (SSSR count). The van der Waals surface area contributed by atoms with Crippen LogP contribution >= 0.6 is 27.5 Å². The summed E-state index contributed by atoms with van der Waals surface area (Å²) in [6, 6.07) is 19.7. The molecule has 186 valence electrons. The van der Waals surface area contributed by atoms with Crippen molar-refractivity contribution in [3.8, 4) is 11.5 Å². The van der Waals surface area contributed by atoms with Gasteiger partial charge in [0, 0.05) is 32.6 Å². The molecule has 2 unspecified atom stereocenters. The summed E-state index contributed by atoms with van der Waals surface area (Å²) >= 11 is 9.54. The number of aromatic nitrogens is 1. The van der Waals surface area contributed by atoms with Crippen LogP contribution in [-0.4, -0.2) is 52.1 Å². The summed E-state index contributed by atoms with van der Waals surface area (Å²) in [5.74, 6) is 0.971. The van der Waals surface area contributed by atoms with Crippen molar-refractivity contribution in [2.45, 2.75) is 18.6 Å². The Morgan fingerprint density at radius 1 is 1.11 bits per heavy atom. The first-order valence-electron chi connectivity index (χ1n) is 11.5. The highest BCUT2D eigenvalue weighted by molar-refractivity contribution is 9.10. The van der Waals surface area contributed by atoms with Crippen LogP contribution in [0.2, 0.25) is 5.02 Å². The Morgan fingerprint density at radius 3 is 2.56 bits per heavy atom. The first-order valence-corrected chi connectivity index (χ1v) is 12.7. The highest BCUT2D eigenvalue weighted by atomic mass is 79.9. The Labute approximate surface area is 221 Å². The van der Waals surface area contributed by atoms with Crippen LogP contribution in [0.3, 0.4) is 0 Å². The fourth-order valence-electron chi connectivity index (χ4n) is 4.46. The van der Waals surface area contributed by atoms with Gasteiger partial charge in [0.2, 0.25) is 0 Å². The molecule has 3 aromatic carbocycles. The van der Waals surface area contributed by atoms with Crippen LogP contribution in [0.15, 0.2) is 71.2 Å². The molecule has 7 nitrogen and oxygen atoms in total. The van der Waals surface area contributed by atoms with Gasteiger partial charge in [0.25, 0.3) is 0 Å². The second-order valence-corrected chi connectivity index (χ2v) is 9.94. The number of hydrogen-bond donors (Lipinski definition) is 3. The molecule has 0 radical (unpaired) electrons. The zero-order valence-electron chi connectivity index (χ0n) is 19.2. The summed E-state index contributed by atoms with van der Waals surface area (Å²) in [4.78, 5) is 18.6. The van der Waals surface area contributed by atoms with Gasteiger partial charge in [0.15, 0.2) is 0 Å². The lowest BCUT2D eigenvalue weighted by Crippen LogP contribution is -2.42. The number of H-pyrrole nitrogens is 1. The number of aliphatic hydroxyl groups is 2. The molecule has 0 saturated heterocycles. The van der Waals surface area contributed by atoms with E-state index >= 15 is 0 Å². The number of rotatable bonds is 6. The maximum absolute atomic E-state index is 13.4. The number of benzene rings is 3. The van der Waals surface area contributed by atoms with Gasteiger partial charge < -0.3 is 24.7 Å². The van der Waals surface area contributed by atoms with Gasteiger partial charge in [-0.25, -0.2) is 4.79 Å². The molecule has 1 amide bonds. The fraction of sp³-hybridized carbons (Fsp3) is 0.222. The van der Waals surface area contributed by atoms with Crippen molar-refractivity contribution in [2.24, 2.45) is 0 Å². The van der Waals surface area contributed by atoms with Gasteiger partial charge in [0.05, 0.1) is 6.61 Å². The Bertz CT molecular complexity index is 1370. The van der Waals surface area contributed by atoms with Gasteiger partial charge in [-0.3, -0.25) is 4.90 Å². The standard InChI is InChI=1S/C27H24BrClN2O5/c28-17-3-10-24-23(13-17)22-11-12-31(27(34)36-21-8-4-18(29)5-9-21)26(25(22)30-24)16-1-6-20(7-2-16)35-15-19(33)14-32/h1-10,13,19,26,30,32-33H,11-12,14-15H2. The number of halogens is 2. The van der Waals surface area contributed by atoms with Crippen LogP contribution in [0.1, 0.15) is 22.9 Å². The predicted octanol–water partition coefficient (Wildman–Crippen LogP) is 5.46. The molecule has 0 saturated carbocycles. The number of aliphatic hydroxyl groups excluding tert-OH is 2. The number of hydrogen-bond acceptors (Lipinski definition) is 5. The zero-order chi connectivity index (χ0) is 25.2. The fourth-order valence-corrected chi connectivity index (χ4v) is 4.94. The molecule has 0 bridgehead atoms. The molecule has 1 aliphatic rings. The minimum Gasteiger partial charge on any atom is -0.491 e. The SMILES string of the molecule is O=C(Oc1ccc(Cl)cc1)N1CCc2c([nH]c3ccc(Br)cc23)C1c1ccc(OCC(O)CO)cc1. The lowest BCUT2D eigenvalue weighted by molar-refractivity contribution is 0.0536. The lowest BCUT2D eigenvalue weighted by Gasteiger charge is -2.35. The van der Waals surface area contributed by atoms with E-state index in [1.54, 1.807) is 41.3 Å². The van der Waals surface area contributed by atoms with E-state index in [1.165, 1.54) is 5.56 Å². The van der Waals surface area contributed by atoms with Crippen LogP contribution in [0.5, 0.6) is 11.5 Å². The van der Waals surface area contributed by atoms with E-state index in [2.05, 4.69) is 27.0 Å². The maximum atomic E-state index is 13.4. The van der Waals surface area contributed by atoms with Crippen LogP contribution in [0.4, 0.5) is 4.79 Å². The summed E-state index contributed by atoms with van der Waals surface area (Å²) in [5.41, 5.74) is 3.98. The number of ether oxygens (including phenoxy) is 2. The molecule has 1 aromatic heterocycles. The third-order valence-corrected chi connectivity index (χ3v) is 6.94. The summed E-state index contributed by atoms with van der Waals surface area (Å²) in [5, 5.41) is 20.2. The van der Waals surface area contributed by atoms with E-state index in [0.717, 1.165) is 26.6 Å². The van der Waals surface area contributed by atoms with Crippen LogP contribution < -0.4 is 9.47 Å². The Kier molecular flexibility index (Phi) is 7.20. The normalized spacial score (nSPS) is 16.0. The van der Waals surface area contributed by atoms with Gasteiger partial charge in [-0.05, 0) is 72.1 Å². The number of nitrogens with one attached hydrogen (secondary N) is 1. The largest absolute Gasteiger partial charge is 0.491 e. The maximum Gasteiger partial charge on any atom is 0.416 e. The number of amides is 1. The smallest absolute Gasteiger partial charge is 0.416 e. The average molecular weight is 572 g/mol. The van der Waals surface area contributed by atoms with Crippen LogP contribution in [0.25, 0.3) is 10.9 Å². The summed E-state index contributed by atoms with van der Waals surface area (Å²) in [6.45, 7) is 0.0918. The monoisotopic (exact) mass is 570 g/mol. The van der Waals surface area contributed by atoms with E-state index in [4.69, 9.17) is 26.2 Å². The number of carbonyl (C=O) groups excluding carboxylic acids is 1. The van der Waals surface area contributed by atoms with Gasteiger partial charge in [-0.1, -0.05) is 39.7 Å². The van der Waals surface area contributed by atoms with E-state index in [0.29, 0.717) is 29.5 Å². The minimum absolute atomic E-state index is 0.0140. The molecule has 1 aliphatic heterocycles. The van der Waals surface area contributed by atoms with E-state index in [1.807, 2.05) is 24.3 Å². The zero-order valence-corrected chi connectivity index (χ0v) is 21.5. The topological polar surface area (TPSA) is 95.0 Å². The van der Waals surface area contributed by atoms with Gasteiger partial charge in [-0.15, -0.1) is 0 Å². The van der Waals surface area contributed by atoms with Gasteiger partial charge in [-0.2, -0.15) is 0 Å². The number of nitrogens with zero attached hydrogens (tertiary/aromatic N) is 1.